The number of thioether (sulfide) groups is 1. The Balaban J connectivity index is 4.60. The van der Waals surface area contributed by atoms with Gasteiger partial charge < -0.3 is 19.9 Å². The third kappa shape index (κ3) is 44.6. The fraction of sp³-hybridized carbons (Fsp3) is 0.923. The maximum absolute atomic E-state index is 12.9. The van der Waals surface area contributed by atoms with Crippen LogP contribution < -0.4 is 5.32 Å². The van der Waals surface area contributed by atoms with Crippen molar-refractivity contribution in [3.8, 4) is 0 Å². The van der Waals surface area contributed by atoms with Gasteiger partial charge in [0.25, 0.3) is 0 Å². The van der Waals surface area contributed by atoms with E-state index >= 15 is 0 Å². The molecule has 2 N–H and O–H groups in total. The van der Waals surface area contributed by atoms with Crippen LogP contribution >= 0.6 is 11.8 Å². The number of rotatable bonds is 49. The van der Waals surface area contributed by atoms with Crippen LogP contribution in [0, 0.1) is 0 Å². The molecule has 0 aromatic heterocycles. The zero-order valence-corrected chi connectivity index (χ0v) is 41.2. The Morgan fingerprint density at radius 3 is 1.08 bits per heavy atom. The number of esters is 2. The Morgan fingerprint density at radius 1 is 0.426 bits per heavy atom. The molecule has 0 aliphatic heterocycles. The van der Waals surface area contributed by atoms with Crippen molar-refractivity contribution in [2.24, 2.45) is 0 Å². The van der Waals surface area contributed by atoms with Crippen molar-refractivity contribution < 1.29 is 33.8 Å². The summed E-state index contributed by atoms with van der Waals surface area (Å²) in [7, 11) is 0. The number of nitrogens with one attached hydrogen (secondary N) is 1. The first-order chi connectivity index (χ1) is 29.8. The van der Waals surface area contributed by atoms with Gasteiger partial charge in [-0.05, 0) is 19.3 Å². The summed E-state index contributed by atoms with van der Waals surface area (Å²) in [5.41, 5.74) is 0. The van der Waals surface area contributed by atoms with Gasteiger partial charge in [0.1, 0.15) is 18.8 Å². The molecule has 8 nitrogen and oxygen atoms in total. The van der Waals surface area contributed by atoms with Crippen molar-refractivity contribution >= 4 is 35.6 Å². The second kappa shape index (κ2) is 47.7. The van der Waals surface area contributed by atoms with E-state index in [-0.39, 0.29) is 36.0 Å². The van der Waals surface area contributed by atoms with Gasteiger partial charge in [-0.3, -0.25) is 14.4 Å². The van der Waals surface area contributed by atoms with Crippen molar-refractivity contribution in [2.45, 2.75) is 290 Å². The molecule has 0 fully saturated rings. The number of carboxylic acid groups (broad SMARTS) is 1. The highest BCUT2D eigenvalue weighted by atomic mass is 32.2. The number of carbonyl (C=O) groups is 4. The monoisotopic (exact) mass is 882 g/mol. The molecular weight excluding hydrogens is 783 g/mol. The van der Waals surface area contributed by atoms with E-state index in [2.05, 4.69) is 26.1 Å². The molecule has 0 aliphatic rings. The van der Waals surface area contributed by atoms with Crippen LogP contribution in [0.5, 0.6) is 0 Å². The molecule has 61 heavy (non-hydrogen) atoms. The molecule has 0 aliphatic carbocycles. The summed E-state index contributed by atoms with van der Waals surface area (Å²) in [4.78, 5) is 50.2. The first-order valence-electron chi connectivity index (χ1n) is 26.3. The first-order valence-corrected chi connectivity index (χ1v) is 27.4. The number of unbranched alkanes of at least 4 members (excludes halogenated alkanes) is 34. The lowest BCUT2D eigenvalue weighted by Gasteiger charge is -2.19. The van der Waals surface area contributed by atoms with Gasteiger partial charge in [0.15, 0.2) is 0 Å². The predicted molar refractivity (Wildman–Crippen MR) is 259 cm³/mol. The Labute approximate surface area is 381 Å². The van der Waals surface area contributed by atoms with Crippen molar-refractivity contribution in [2.75, 3.05) is 18.1 Å². The van der Waals surface area contributed by atoms with E-state index in [1.54, 1.807) is 0 Å². The van der Waals surface area contributed by atoms with Gasteiger partial charge in [0.05, 0.1) is 0 Å². The number of aliphatic carboxylic acids is 1. The summed E-state index contributed by atoms with van der Waals surface area (Å²) in [5.74, 6) is -1.50. The average molecular weight is 882 g/mol. The molecule has 0 bridgehead atoms. The average Bonchev–Trinajstić information content (AvgIpc) is 3.24. The normalized spacial score (nSPS) is 12.3. The molecule has 2 atom stereocenters. The minimum Gasteiger partial charge on any atom is -0.480 e. The zero-order chi connectivity index (χ0) is 44.7. The summed E-state index contributed by atoms with van der Waals surface area (Å²) < 4.78 is 11.4. The lowest BCUT2D eigenvalue weighted by Crippen LogP contribution is -2.42. The minimum absolute atomic E-state index is 0.0441. The Kier molecular flexibility index (Phi) is 46.3. The summed E-state index contributed by atoms with van der Waals surface area (Å²) in [5, 5.41) is 12.5. The fourth-order valence-corrected chi connectivity index (χ4v) is 8.93. The molecule has 0 aromatic rings. The SMILES string of the molecule is CCCCCCCCCCCCCCCC(=O)OC[C@H](CSC[C@H](NC(=O)CCCCCCCCCCCCC)C(=O)O)OC(=O)CCCCCCCCCCCCCCC. The van der Waals surface area contributed by atoms with Gasteiger partial charge in [0, 0.05) is 30.8 Å². The van der Waals surface area contributed by atoms with Crippen LogP contribution in [0.2, 0.25) is 0 Å². The molecule has 0 aromatic carbocycles. The van der Waals surface area contributed by atoms with E-state index in [0.717, 1.165) is 57.8 Å². The van der Waals surface area contributed by atoms with Gasteiger partial charge in [0.2, 0.25) is 5.91 Å². The van der Waals surface area contributed by atoms with Crippen LogP contribution in [0.25, 0.3) is 0 Å². The fourth-order valence-electron chi connectivity index (χ4n) is 7.90. The van der Waals surface area contributed by atoms with E-state index in [4.69, 9.17) is 9.47 Å². The van der Waals surface area contributed by atoms with E-state index in [9.17, 15) is 24.3 Å². The summed E-state index contributed by atoms with van der Waals surface area (Å²) in [6.07, 6.45) is 45.5. The topological polar surface area (TPSA) is 119 Å². The van der Waals surface area contributed by atoms with Crippen molar-refractivity contribution in [1.29, 1.82) is 0 Å². The largest absolute Gasteiger partial charge is 0.480 e. The van der Waals surface area contributed by atoms with E-state index in [1.807, 2.05) is 0 Å². The van der Waals surface area contributed by atoms with Gasteiger partial charge >= 0.3 is 17.9 Å². The highest BCUT2D eigenvalue weighted by Gasteiger charge is 2.23. The van der Waals surface area contributed by atoms with Gasteiger partial charge in [-0.15, -0.1) is 0 Å². The Morgan fingerprint density at radius 2 is 0.738 bits per heavy atom. The van der Waals surface area contributed by atoms with Crippen LogP contribution in [0.15, 0.2) is 0 Å². The molecule has 0 saturated carbocycles. The maximum Gasteiger partial charge on any atom is 0.327 e. The molecule has 9 heteroatoms. The minimum atomic E-state index is -1.08. The number of carbonyl (C=O) groups excluding carboxylic acids is 3. The van der Waals surface area contributed by atoms with Gasteiger partial charge in [-0.25, -0.2) is 4.79 Å². The quantitative estimate of drug-likeness (QED) is 0.0458. The van der Waals surface area contributed by atoms with Crippen LogP contribution in [0.1, 0.15) is 278 Å². The second-order valence-electron chi connectivity index (χ2n) is 18.1. The van der Waals surface area contributed by atoms with Gasteiger partial charge in [-0.1, -0.05) is 239 Å². The van der Waals surface area contributed by atoms with E-state index in [1.165, 1.54) is 192 Å². The van der Waals surface area contributed by atoms with Crippen LogP contribution in [-0.2, 0) is 28.7 Å². The number of hydrogen-bond donors (Lipinski definition) is 2. The van der Waals surface area contributed by atoms with E-state index < -0.39 is 18.1 Å². The molecular formula is C52H99NO7S. The first kappa shape index (κ1) is 59.2. The second-order valence-corrected chi connectivity index (χ2v) is 19.1. The van der Waals surface area contributed by atoms with Crippen LogP contribution in [0.4, 0.5) is 0 Å². The zero-order valence-electron chi connectivity index (χ0n) is 40.4. The van der Waals surface area contributed by atoms with Crippen molar-refractivity contribution in [3.63, 3.8) is 0 Å². The summed E-state index contributed by atoms with van der Waals surface area (Å²) in [6, 6.07) is -1.04. The lowest BCUT2D eigenvalue weighted by molar-refractivity contribution is -0.157. The Hall–Kier alpha value is -1.77. The van der Waals surface area contributed by atoms with E-state index in [0.29, 0.717) is 19.3 Å². The molecule has 1 amide bonds. The number of amides is 1. The molecule has 0 rings (SSSR count). The smallest absolute Gasteiger partial charge is 0.327 e. The standard InChI is InChI=1S/C52H99NO7S/c1-4-7-10-13-16-19-22-24-27-30-33-36-39-42-50(55)59-44-47(60-51(56)43-40-37-34-31-28-25-23-20-17-14-11-8-5-2)45-61-46-48(52(57)58)53-49(54)41-38-35-32-29-26-21-18-15-12-9-6-3/h47-48H,4-46H2,1-3H3,(H,53,54)(H,57,58)/t47-,48+/m1/s1. The van der Waals surface area contributed by atoms with Crippen LogP contribution in [0.3, 0.4) is 0 Å². The summed E-state index contributed by atoms with van der Waals surface area (Å²) >= 11 is 1.30. The number of carboxylic acids is 1. The summed E-state index contributed by atoms with van der Waals surface area (Å²) in [6.45, 7) is 6.71. The van der Waals surface area contributed by atoms with Gasteiger partial charge in [-0.2, -0.15) is 11.8 Å². The predicted octanol–water partition coefficient (Wildman–Crippen LogP) is 15.4. The lowest BCUT2D eigenvalue weighted by atomic mass is 10.0. The third-order valence-corrected chi connectivity index (χ3v) is 13.1. The van der Waals surface area contributed by atoms with Crippen LogP contribution in [-0.4, -0.2) is 59.2 Å². The molecule has 360 valence electrons. The molecule has 0 radical (unpaired) electrons. The molecule has 0 unspecified atom stereocenters. The van der Waals surface area contributed by atoms with Crippen molar-refractivity contribution in [3.05, 3.63) is 0 Å². The molecule has 0 spiro atoms. The third-order valence-electron chi connectivity index (χ3n) is 11.9. The highest BCUT2D eigenvalue weighted by molar-refractivity contribution is 7.99. The van der Waals surface area contributed by atoms with Crippen molar-refractivity contribution in [1.82, 2.24) is 5.32 Å². The Bertz CT molecular complexity index is 995. The molecule has 0 saturated heterocycles. The highest BCUT2D eigenvalue weighted by Crippen LogP contribution is 2.17. The number of ether oxygens (including phenoxy) is 2. The number of hydrogen-bond acceptors (Lipinski definition) is 7. The maximum atomic E-state index is 12.9. The molecule has 0 heterocycles.